The van der Waals surface area contributed by atoms with Gasteiger partial charge in [-0.25, -0.2) is 8.42 Å². The van der Waals surface area contributed by atoms with Crippen molar-refractivity contribution in [2.24, 2.45) is 0 Å². The summed E-state index contributed by atoms with van der Waals surface area (Å²) >= 11 is 0. The van der Waals surface area contributed by atoms with E-state index in [1.807, 2.05) is 72.8 Å². The molecule has 0 unspecified atom stereocenters. The van der Waals surface area contributed by atoms with E-state index in [-0.39, 0.29) is 22.7 Å². The fourth-order valence-corrected chi connectivity index (χ4v) is 5.74. The monoisotopic (exact) mass is 522 g/mol. The minimum Gasteiger partial charge on any atom is -0.497 e. The Morgan fingerprint density at radius 1 is 0.763 bits per heavy atom. The van der Waals surface area contributed by atoms with E-state index in [1.54, 1.807) is 36.4 Å². The maximum absolute atomic E-state index is 14.0. The summed E-state index contributed by atoms with van der Waals surface area (Å²) in [6, 6.07) is 35.8. The summed E-state index contributed by atoms with van der Waals surface area (Å²) < 4.78 is 34.4. The van der Waals surface area contributed by atoms with Crippen LogP contribution in [0.5, 0.6) is 5.75 Å². The smallest absolute Gasteiger partial charge is 0.264 e. The minimum atomic E-state index is -4.04. The normalized spacial score (nSPS) is 11.2. The third-order valence-electron chi connectivity index (χ3n) is 6.24. The molecule has 5 aromatic rings. The molecule has 0 saturated heterocycles. The lowest BCUT2D eigenvalue weighted by atomic mass is 10.1. The Balaban J connectivity index is 1.55. The number of carbonyl (C=O) groups is 1. The van der Waals surface area contributed by atoms with E-state index >= 15 is 0 Å². The van der Waals surface area contributed by atoms with E-state index in [4.69, 9.17) is 4.74 Å². The first-order chi connectivity index (χ1) is 18.5. The molecule has 5 aromatic carbocycles. The Labute approximate surface area is 222 Å². The molecular weight excluding hydrogens is 496 g/mol. The first kappa shape index (κ1) is 25.0. The molecule has 0 radical (unpaired) electrons. The van der Waals surface area contributed by atoms with Crippen molar-refractivity contribution >= 4 is 38.1 Å². The molecule has 1 amide bonds. The molecule has 7 heteroatoms. The molecule has 5 rings (SSSR count). The molecule has 190 valence electrons. The number of rotatable bonds is 8. The molecule has 0 aliphatic heterocycles. The number of para-hydroxylation sites is 1. The third kappa shape index (κ3) is 5.23. The number of nitrogens with zero attached hydrogens (tertiary/aromatic N) is 1. The minimum absolute atomic E-state index is 0.0511. The molecular formula is C31H26N2O4S. The number of fused-ring (bicyclic) bond motifs is 1. The van der Waals surface area contributed by atoms with E-state index in [2.05, 4.69) is 5.32 Å². The predicted molar refractivity (Wildman–Crippen MR) is 151 cm³/mol. The Hall–Kier alpha value is -4.62. The van der Waals surface area contributed by atoms with Crippen LogP contribution in [0.3, 0.4) is 0 Å². The Kier molecular flexibility index (Phi) is 7.11. The first-order valence-electron chi connectivity index (χ1n) is 12.1. The number of methoxy groups -OCH3 is 1. The molecule has 1 N–H and O–H groups in total. The molecule has 6 nitrogen and oxygen atoms in total. The summed E-state index contributed by atoms with van der Waals surface area (Å²) in [6.07, 6.45) is 0. The van der Waals surface area contributed by atoms with Crippen molar-refractivity contribution < 1.29 is 17.9 Å². The van der Waals surface area contributed by atoms with E-state index in [9.17, 15) is 13.2 Å². The number of nitrogens with one attached hydrogen (secondary N) is 1. The van der Waals surface area contributed by atoms with Gasteiger partial charge >= 0.3 is 0 Å². The molecule has 0 bridgehead atoms. The number of hydrogen-bond acceptors (Lipinski definition) is 4. The van der Waals surface area contributed by atoms with Crippen LogP contribution in [0.2, 0.25) is 0 Å². The van der Waals surface area contributed by atoms with Gasteiger partial charge in [-0.05, 0) is 64.9 Å². The fraction of sp³-hybridized carbons (Fsp3) is 0.0645. The highest BCUT2D eigenvalue weighted by Gasteiger charge is 2.28. The number of ether oxygens (including phenoxy) is 1. The molecule has 0 aliphatic carbocycles. The summed E-state index contributed by atoms with van der Waals surface area (Å²) in [5, 5.41) is 4.99. The van der Waals surface area contributed by atoms with Crippen LogP contribution in [0.15, 0.2) is 126 Å². The molecule has 0 aromatic heterocycles. The van der Waals surface area contributed by atoms with Crippen LogP contribution < -0.4 is 14.4 Å². The van der Waals surface area contributed by atoms with Crippen molar-refractivity contribution in [3.05, 3.63) is 132 Å². The van der Waals surface area contributed by atoms with Crippen molar-refractivity contribution in [1.29, 1.82) is 0 Å². The maximum Gasteiger partial charge on any atom is 0.264 e. The second kappa shape index (κ2) is 10.8. The standard InChI is InChI=1S/C31H26N2O4S/c1-37-27-17-19-28(20-18-27)38(35,36)33(22-23-9-3-2-4-10-23)30-14-8-7-13-29(30)31(34)32-26-16-15-24-11-5-6-12-25(24)21-26/h2-21H,22H2,1H3,(H,32,34). The van der Waals surface area contributed by atoms with Crippen LogP contribution >= 0.6 is 0 Å². The second-order valence-corrected chi connectivity index (χ2v) is 10.6. The Morgan fingerprint density at radius 3 is 2.16 bits per heavy atom. The van der Waals surface area contributed by atoms with Gasteiger partial charge in [0.15, 0.2) is 0 Å². The van der Waals surface area contributed by atoms with Crippen molar-refractivity contribution in [2.75, 3.05) is 16.7 Å². The lowest BCUT2D eigenvalue weighted by Gasteiger charge is -2.26. The van der Waals surface area contributed by atoms with Crippen LogP contribution in [-0.4, -0.2) is 21.4 Å². The largest absolute Gasteiger partial charge is 0.497 e. The zero-order valence-electron chi connectivity index (χ0n) is 20.7. The third-order valence-corrected chi connectivity index (χ3v) is 8.02. The Morgan fingerprint density at radius 2 is 1.42 bits per heavy atom. The fourth-order valence-electron chi connectivity index (χ4n) is 4.27. The highest BCUT2D eigenvalue weighted by molar-refractivity contribution is 7.92. The van der Waals surface area contributed by atoms with E-state index < -0.39 is 15.9 Å². The number of sulfonamides is 1. The van der Waals surface area contributed by atoms with Gasteiger partial charge in [0, 0.05) is 5.69 Å². The summed E-state index contributed by atoms with van der Waals surface area (Å²) in [5.74, 6) is 0.146. The summed E-state index contributed by atoms with van der Waals surface area (Å²) in [7, 11) is -2.51. The van der Waals surface area contributed by atoms with Crippen molar-refractivity contribution in [3.63, 3.8) is 0 Å². The lowest BCUT2D eigenvalue weighted by Crippen LogP contribution is -2.32. The summed E-state index contributed by atoms with van der Waals surface area (Å²) in [4.78, 5) is 13.6. The van der Waals surface area contributed by atoms with Crippen LogP contribution in [0, 0.1) is 0 Å². The van der Waals surface area contributed by atoms with Gasteiger partial charge < -0.3 is 10.1 Å². The highest BCUT2D eigenvalue weighted by Crippen LogP contribution is 2.31. The molecule has 0 aliphatic rings. The quantitative estimate of drug-likeness (QED) is 0.253. The van der Waals surface area contributed by atoms with E-state index in [0.29, 0.717) is 11.4 Å². The van der Waals surface area contributed by atoms with Gasteiger partial charge in [0.25, 0.3) is 15.9 Å². The van der Waals surface area contributed by atoms with Gasteiger partial charge in [-0.2, -0.15) is 0 Å². The zero-order valence-corrected chi connectivity index (χ0v) is 21.6. The van der Waals surface area contributed by atoms with Crippen LogP contribution in [0.25, 0.3) is 10.8 Å². The van der Waals surface area contributed by atoms with Crippen molar-refractivity contribution in [2.45, 2.75) is 11.4 Å². The zero-order chi connectivity index (χ0) is 26.5. The molecule has 0 atom stereocenters. The molecule has 0 saturated carbocycles. The topological polar surface area (TPSA) is 75.7 Å². The van der Waals surface area contributed by atoms with Crippen molar-refractivity contribution in [1.82, 2.24) is 0 Å². The average molecular weight is 523 g/mol. The van der Waals surface area contributed by atoms with Crippen LogP contribution in [-0.2, 0) is 16.6 Å². The van der Waals surface area contributed by atoms with Crippen molar-refractivity contribution in [3.8, 4) is 5.75 Å². The maximum atomic E-state index is 14.0. The highest BCUT2D eigenvalue weighted by atomic mass is 32.2. The van der Waals surface area contributed by atoms with Gasteiger partial charge in [0.1, 0.15) is 5.75 Å². The molecule has 0 fully saturated rings. The van der Waals surface area contributed by atoms with E-state index in [0.717, 1.165) is 16.3 Å². The lowest BCUT2D eigenvalue weighted by molar-refractivity contribution is 0.102. The number of anilines is 2. The molecule has 38 heavy (non-hydrogen) atoms. The number of hydrogen-bond donors (Lipinski definition) is 1. The Bertz CT molecular complexity index is 1680. The predicted octanol–water partition coefficient (Wildman–Crippen LogP) is 6.50. The summed E-state index contributed by atoms with van der Waals surface area (Å²) in [5.41, 5.74) is 1.93. The van der Waals surface area contributed by atoms with Gasteiger partial charge in [-0.3, -0.25) is 9.10 Å². The van der Waals surface area contributed by atoms with Gasteiger partial charge in [-0.1, -0.05) is 72.8 Å². The number of carbonyl (C=O) groups excluding carboxylic acids is 1. The van der Waals surface area contributed by atoms with Gasteiger partial charge in [0.05, 0.1) is 29.8 Å². The van der Waals surface area contributed by atoms with Gasteiger partial charge in [0.2, 0.25) is 0 Å². The van der Waals surface area contributed by atoms with Gasteiger partial charge in [-0.15, -0.1) is 0 Å². The van der Waals surface area contributed by atoms with Crippen LogP contribution in [0.1, 0.15) is 15.9 Å². The molecule has 0 heterocycles. The molecule has 0 spiro atoms. The number of benzene rings is 5. The number of amides is 1. The average Bonchev–Trinajstić information content (AvgIpc) is 2.96. The summed E-state index contributed by atoms with van der Waals surface area (Å²) in [6.45, 7) is 0.0511. The van der Waals surface area contributed by atoms with Crippen LogP contribution in [0.4, 0.5) is 11.4 Å². The SMILES string of the molecule is COc1ccc(S(=O)(=O)N(Cc2ccccc2)c2ccccc2C(=O)Nc2ccc3ccccc3c2)cc1. The second-order valence-electron chi connectivity index (χ2n) is 8.71. The van der Waals surface area contributed by atoms with E-state index in [1.165, 1.54) is 23.5 Å². The first-order valence-corrected chi connectivity index (χ1v) is 13.5.